The van der Waals surface area contributed by atoms with Gasteiger partial charge in [0.25, 0.3) is 0 Å². The van der Waals surface area contributed by atoms with Gasteiger partial charge in [-0.25, -0.2) is 0 Å². The highest BCUT2D eigenvalue weighted by atomic mass is 127. The second-order valence-electron chi connectivity index (χ2n) is 4.70. The van der Waals surface area contributed by atoms with Gasteiger partial charge in [0.1, 0.15) is 17.7 Å². The van der Waals surface area contributed by atoms with Crippen molar-refractivity contribution in [2.24, 2.45) is 4.99 Å². The molecule has 0 fully saturated rings. The minimum absolute atomic E-state index is 0. The van der Waals surface area contributed by atoms with Gasteiger partial charge < -0.3 is 19.5 Å². The average molecular weight is 451 g/mol. The summed E-state index contributed by atoms with van der Waals surface area (Å²) in [6, 6.07) is 7.35. The number of guanidine groups is 1. The first-order chi connectivity index (χ1) is 10.6. The van der Waals surface area contributed by atoms with Gasteiger partial charge in [0, 0.05) is 37.3 Å². The summed E-state index contributed by atoms with van der Waals surface area (Å²) in [6.07, 6.45) is 1.55. The van der Waals surface area contributed by atoms with E-state index in [1.54, 1.807) is 26.5 Å². The molecule has 1 heterocycles. The SMILES string of the molecule is CN=C(NCc1cc(Cl)ccc1OC)N(C)Cc1ccon1.I. The van der Waals surface area contributed by atoms with Crippen LogP contribution in [0.25, 0.3) is 0 Å². The number of aliphatic imine (C=N–C) groups is 1. The van der Waals surface area contributed by atoms with Crippen molar-refractivity contribution in [2.45, 2.75) is 13.1 Å². The summed E-state index contributed by atoms with van der Waals surface area (Å²) in [4.78, 5) is 6.21. The summed E-state index contributed by atoms with van der Waals surface area (Å²) in [6.45, 7) is 1.16. The Bertz CT molecular complexity index is 634. The molecule has 0 aliphatic carbocycles. The summed E-state index contributed by atoms with van der Waals surface area (Å²) in [5, 5.41) is 7.84. The maximum atomic E-state index is 6.04. The lowest BCUT2D eigenvalue weighted by atomic mass is 10.2. The monoisotopic (exact) mass is 450 g/mol. The Hall–Kier alpha value is -1.48. The zero-order chi connectivity index (χ0) is 15.9. The highest BCUT2D eigenvalue weighted by molar-refractivity contribution is 14.0. The Balaban J connectivity index is 0.00000264. The zero-order valence-corrected chi connectivity index (χ0v) is 16.3. The van der Waals surface area contributed by atoms with Crippen LogP contribution in [0.2, 0.25) is 5.02 Å². The third-order valence-corrected chi connectivity index (χ3v) is 3.38. The molecule has 0 unspecified atom stereocenters. The van der Waals surface area contributed by atoms with E-state index in [4.69, 9.17) is 20.9 Å². The van der Waals surface area contributed by atoms with Crippen LogP contribution >= 0.6 is 35.6 Å². The molecule has 0 atom stereocenters. The van der Waals surface area contributed by atoms with Gasteiger partial charge in [-0.2, -0.15) is 0 Å². The number of aromatic nitrogens is 1. The van der Waals surface area contributed by atoms with Crippen LogP contribution in [0.5, 0.6) is 5.75 Å². The number of methoxy groups -OCH3 is 1. The Morgan fingerprint density at radius 3 is 2.83 bits per heavy atom. The van der Waals surface area contributed by atoms with Gasteiger partial charge in [-0.05, 0) is 18.2 Å². The second kappa shape index (κ2) is 9.61. The van der Waals surface area contributed by atoms with Crippen molar-refractivity contribution in [3.05, 3.63) is 46.8 Å². The van der Waals surface area contributed by atoms with Gasteiger partial charge in [-0.15, -0.1) is 24.0 Å². The van der Waals surface area contributed by atoms with E-state index in [9.17, 15) is 0 Å². The second-order valence-corrected chi connectivity index (χ2v) is 5.14. The molecule has 1 aromatic heterocycles. The van der Waals surface area contributed by atoms with Crippen LogP contribution in [0.3, 0.4) is 0 Å². The number of benzene rings is 1. The lowest BCUT2D eigenvalue weighted by Gasteiger charge is -2.21. The van der Waals surface area contributed by atoms with Gasteiger partial charge in [-0.1, -0.05) is 16.8 Å². The maximum Gasteiger partial charge on any atom is 0.194 e. The van der Waals surface area contributed by atoms with Crippen molar-refractivity contribution >= 4 is 41.5 Å². The third-order valence-electron chi connectivity index (χ3n) is 3.14. The predicted octanol–water partition coefficient (Wildman–Crippen LogP) is 3.16. The summed E-state index contributed by atoms with van der Waals surface area (Å²) in [5.74, 6) is 1.52. The molecule has 6 nitrogen and oxygen atoms in total. The molecule has 23 heavy (non-hydrogen) atoms. The molecule has 2 rings (SSSR count). The number of nitrogens with zero attached hydrogens (tertiary/aromatic N) is 3. The van der Waals surface area contributed by atoms with Crippen molar-refractivity contribution in [1.82, 2.24) is 15.4 Å². The maximum absolute atomic E-state index is 6.04. The normalized spacial score (nSPS) is 10.9. The summed E-state index contributed by atoms with van der Waals surface area (Å²) in [7, 11) is 5.30. The number of halogens is 2. The van der Waals surface area contributed by atoms with Crippen LogP contribution in [0.15, 0.2) is 40.0 Å². The van der Waals surface area contributed by atoms with Crippen molar-refractivity contribution in [1.29, 1.82) is 0 Å². The molecule has 0 spiro atoms. The molecule has 0 amide bonds. The fourth-order valence-corrected chi connectivity index (χ4v) is 2.28. The Labute approximate surface area is 157 Å². The van der Waals surface area contributed by atoms with Crippen LogP contribution in [-0.4, -0.2) is 37.2 Å². The van der Waals surface area contributed by atoms with E-state index in [0.717, 1.165) is 23.0 Å². The van der Waals surface area contributed by atoms with E-state index in [0.29, 0.717) is 18.1 Å². The molecule has 0 saturated heterocycles. The van der Waals surface area contributed by atoms with Crippen LogP contribution in [-0.2, 0) is 13.1 Å². The van der Waals surface area contributed by atoms with Gasteiger partial charge in [0.15, 0.2) is 5.96 Å². The molecule has 0 bridgehead atoms. The quantitative estimate of drug-likeness (QED) is 0.431. The van der Waals surface area contributed by atoms with Crippen molar-refractivity contribution in [3.8, 4) is 5.75 Å². The summed E-state index contributed by atoms with van der Waals surface area (Å²) in [5.41, 5.74) is 1.80. The van der Waals surface area contributed by atoms with Gasteiger partial charge in [-0.3, -0.25) is 4.99 Å². The average Bonchev–Trinajstić information content (AvgIpc) is 3.01. The van der Waals surface area contributed by atoms with Crippen LogP contribution in [0, 0.1) is 0 Å². The molecular weight excluding hydrogens is 431 g/mol. The van der Waals surface area contributed by atoms with E-state index >= 15 is 0 Å². The number of hydrogen-bond donors (Lipinski definition) is 1. The van der Waals surface area contributed by atoms with Crippen molar-refractivity contribution in [3.63, 3.8) is 0 Å². The molecule has 0 aliphatic rings. The first kappa shape index (κ1) is 19.6. The lowest BCUT2D eigenvalue weighted by molar-refractivity contribution is 0.390. The molecule has 8 heteroatoms. The van der Waals surface area contributed by atoms with Gasteiger partial charge in [0.05, 0.1) is 13.7 Å². The molecule has 1 N–H and O–H groups in total. The van der Waals surface area contributed by atoms with Crippen molar-refractivity contribution < 1.29 is 9.26 Å². The Morgan fingerprint density at radius 2 is 2.22 bits per heavy atom. The molecular formula is C15H20ClIN4O2. The first-order valence-electron chi connectivity index (χ1n) is 6.77. The number of ether oxygens (including phenoxy) is 1. The zero-order valence-electron chi connectivity index (χ0n) is 13.2. The summed E-state index contributed by atoms with van der Waals surface area (Å²) >= 11 is 6.04. The Kier molecular flexibility index (Phi) is 8.18. The largest absolute Gasteiger partial charge is 0.496 e. The minimum Gasteiger partial charge on any atom is -0.496 e. The lowest BCUT2D eigenvalue weighted by Crippen LogP contribution is -2.38. The number of nitrogens with one attached hydrogen (secondary N) is 1. The highest BCUT2D eigenvalue weighted by Crippen LogP contribution is 2.22. The van der Waals surface area contributed by atoms with Gasteiger partial charge >= 0.3 is 0 Å². The molecule has 0 saturated carbocycles. The molecule has 0 radical (unpaired) electrons. The van der Waals surface area contributed by atoms with Gasteiger partial charge in [0.2, 0.25) is 0 Å². The Morgan fingerprint density at radius 1 is 1.43 bits per heavy atom. The standard InChI is InChI=1S/C15H19ClN4O2.HI/c1-17-15(20(2)10-13-6-7-22-19-13)18-9-11-8-12(16)4-5-14(11)21-3;/h4-8H,9-10H2,1-3H3,(H,17,18);1H. The van der Waals surface area contributed by atoms with E-state index in [2.05, 4.69) is 15.5 Å². The minimum atomic E-state index is 0. The number of hydrogen-bond acceptors (Lipinski definition) is 4. The van der Waals surface area contributed by atoms with Crippen LogP contribution in [0.1, 0.15) is 11.3 Å². The van der Waals surface area contributed by atoms with E-state index in [1.807, 2.05) is 30.1 Å². The van der Waals surface area contributed by atoms with Crippen molar-refractivity contribution in [2.75, 3.05) is 21.2 Å². The molecule has 1 aromatic carbocycles. The third kappa shape index (κ3) is 5.58. The summed E-state index contributed by atoms with van der Waals surface area (Å²) < 4.78 is 10.2. The molecule has 2 aromatic rings. The van der Waals surface area contributed by atoms with Crippen LogP contribution < -0.4 is 10.1 Å². The highest BCUT2D eigenvalue weighted by Gasteiger charge is 2.10. The fraction of sp³-hybridized carbons (Fsp3) is 0.333. The molecule has 126 valence electrons. The number of rotatable bonds is 5. The van der Waals surface area contributed by atoms with E-state index in [1.165, 1.54) is 0 Å². The topological polar surface area (TPSA) is 62.9 Å². The van der Waals surface area contributed by atoms with E-state index < -0.39 is 0 Å². The fourth-order valence-electron chi connectivity index (χ4n) is 2.08. The van der Waals surface area contributed by atoms with Crippen LogP contribution in [0.4, 0.5) is 0 Å². The van der Waals surface area contributed by atoms with E-state index in [-0.39, 0.29) is 24.0 Å². The first-order valence-corrected chi connectivity index (χ1v) is 7.15. The molecule has 0 aliphatic heterocycles. The smallest absolute Gasteiger partial charge is 0.194 e. The predicted molar refractivity (Wildman–Crippen MR) is 102 cm³/mol.